The smallest absolute Gasteiger partial charge is 0.262 e. The number of nitrogens with one attached hydrogen (secondary N) is 1. The highest BCUT2D eigenvalue weighted by Crippen LogP contribution is 2.22. The molecule has 1 aromatic carbocycles. The van der Waals surface area contributed by atoms with E-state index in [1.54, 1.807) is 29.2 Å². The van der Waals surface area contributed by atoms with Crippen LogP contribution in [-0.4, -0.2) is 72.3 Å². The fourth-order valence-electron chi connectivity index (χ4n) is 3.24. The third-order valence-corrected chi connectivity index (χ3v) is 4.75. The Morgan fingerprint density at radius 1 is 1.07 bits per heavy atom. The van der Waals surface area contributed by atoms with Crippen LogP contribution in [-0.2, 0) is 14.3 Å². The molecule has 2 aliphatic rings. The summed E-state index contributed by atoms with van der Waals surface area (Å²) >= 11 is 0. The van der Waals surface area contributed by atoms with Crippen LogP contribution in [0.15, 0.2) is 24.3 Å². The molecule has 2 aliphatic heterocycles. The molecule has 0 aromatic heterocycles. The van der Waals surface area contributed by atoms with Crippen LogP contribution in [0.1, 0.15) is 34.6 Å². The van der Waals surface area contributed by atoms with Crippen LogP contribution < -0.4 is 5.32 Å². The Morgan fingerprint density at radius 3 is 2.15 bits per heavy atom. The van der Waals surface area contributed by atoms with E-state index in [4.69, 9.17) is 4.74 Å². The van der Waals surface area contributed by atoms with Crippen LogP contribution in [0, 0.1) is 5.92 Å². The van der Waals surface area contributed by atoms with E-state index in [0.717, 1.165) is 4.90 Å². The number of hydrogen-bond acceptors (Lipinski definition) is 5. The number of carbonyl (C=O) groups excluding carboxylic acids is 4. The van der Waals surface area contributed by atoms with Crippen molar-refractivity contribution in [1.82, 2.24) is 15.1 Å². The lowest BCUT2D eigenvalue weighted by molar-refractivity contribution is -0.141. The van der Waals surface area contributed by atoms with Crippen LogP contribution >= 0.6 is 0 Å². The second-order valence-electron chi connectivity index (χ2n) is 6.97. The van der Waals surface area contributed by atoms with Crippen LogP contribution in [0.4, 0.5) is 0 Å². The van der Waals surface area contributed by atoms with Gasteiger partial charge in [0.25, 0.3) is 11.8 Å². The van der Waals surface area contributed by atoms with Crippen molar-refractivity contribution in [3.05, 3.63) is 35.4 Å². The summed E-state index contributed by atoms with van der Waals surface area (Å²) in [4.78, 5) is 52.6. The minimum atomic E-state index is -0.717. The predicted molar refractivity (Wildman–Crippen MR) is 96.0 cm³/mol. The molecule has 0 radical (unpaired) electrons. The lowest BCUT2D eigenvalue weighted by atomic mass is 10.0. The van der Waals surface area contributed by atoms with Gasteiger partial charge in [0.1, 0.15) is 12.6 Å². The fraction of sp³-hybridized carbons (Fsp3) is 0.474. The molecule has 1 fully saturated rings. The second-order valence-corrected chi connectivity index (χ2v) is 6.97. The number of morpholine rings is 1. The van der Waals surface area contributed by atoms with Crippen molar-refractivity contribution in [2.45, 2.75) is 19.9 Å². The third kappa shape index (κ3) is 3.85. The average molecular weight is 373 g/mol. The van der Waals surface area contributed by atoms with E-state index in [1.165, 1.54) is 0 Å². The van der Waals surface area contributed by atoms with Gasteiger partial charge in [-0.3, -0.25) is 24.1 Å². The summed E-state index contributed by atoms with van der Waals surface area (Å²) in [6.45, 7) is 5.17. The molecule has 1 aromatic rings. The van der Waals surface area contributed by atoms with E-state index in [9.17, 15) is 19.2 Å². The summed E-state index contributed by atoms with van der Waals surface area (Å²) in [5.41, 5.74) is 0.584. The zero-order valence-electron chi connectivity index (χ0n) is 15.4. The van der Waals surface area contributed by atoms with E-state index in [-0.39, 0.29) is 11.8 Å². The summed E-state index contributed by atoms with van der Waals surface area (Å²) in [6, 6.07) is 5.75. The van der Waals surface area contributed by atoms with Gasteiger partial charge in [-0.15, -0.1) is 0 Å². The Bertz CT molecular complexity index is 735. The van der Waals surface area contributed by atoms with Crippen LogP contribution in [0.3, 0.4) is 0 Å². The van der Waals surface area contributed by atoms with Gasteiger partial charge in [-0.25, -0.2) is 0 Å². The van der Waals surface area contributed by atoms with Crippen molar-refractivity contribution >= 4 is 23.6 Å². The largest absolute Gasteiger partial charge is 0.378 e. The van der Waals surface area contributed by atoms with Crippen LogP contribution in [0.25, 0.3) is 0 Å². The molecule has 27 heavy (non-hydrogen) atoms. The number of benzene rings is 1. The summed E-state index contributed by atoms with van der Waals surface area (Å²) < 4.78 is 5.25. The van der Waals surface area contributed by atoms with E-state index in [2.05, 4.69) is 5.32 Å². The van der Waals surface area contributed by atoms with Gasteiger partial charge in [0.2, 0.25) is 11.8 Å². The van der Waals surface area contributed by atoms with E-state index < -0.39 is 30.3 Å². The maximum Gasteiger partial charge on any atom is 0.262 e. The molecule has 1 saturated heterocycles. The molecule has 3 rings (SSSR count). The van der Waals surface area contributed by atoms with Crippen molar-refractivity contribution < 1.29 is 23.9 Å². The van der Waals surface area contributed by atoms with Gasteiger partial charge in [0, 0.05) is 13.1 Å². The summed E-state index contributed by atoms with van der Waals surface area (Å²) in [7, 11) is 0. The Hall–Kier alpha value is -2.74. The lowest BCUT2D eigenvalue weighted by Gasteiger charge is -2.32. The van der Waals surface area contributed by atoms with E-state index >= 15 is 0 Å². The summed E-state index contributed by atoms with van der Waals surface area (Å²) in [5.74, 6) is -1.84. The summed E-state index contributed by atoms with van der Waals surface area (Å²) in [6.07, 6.45) is 0. The van der Waals surface area contributed by atoms with Crippen LogP contribution in [0.5, 0.6) is 0 Å². The molecule has 8 nitrogen and oxygen atoms in total. The first kappa shape index (κ1) is 19.0. The molecule has 0 unspecified atom stereocenters. The molecule has 4 amide bonds. The molecule has 0 aliphatic carbocycles. The normalized spacial score (nSPS) is 17.9. The number of amides is 4. The van der Waals surface area contributed by atoms with Gasteiger partial charge in [-0.2, -0.15) is 0 Å². The molecule has 144 valence electrons. The van der Waals surface area contributed by atoms with Crippen molar-refractivity contribution in [3.8, 4) is 0 Å². The highest BCUT2D eigenvalue weighted by atomic mass is 16.5. The molecule has 1 atom stereocenters. The van der Waals surface area contributed by atoms with Gasteiger partial charge in [-0.1, -0.05) is 26.0 Å². The van der Waals surface area contributed by atoms with Gasteiger partial charge in [-0.05, 0) is 18.1 Å². The van der Waals surface area contributed by atoms with Crippen LogP contribution in [0.2, 0.25) is 0 Å². The Morgan fingerprint density at radius 2 is 1.63 bits per heavy atom. The SMILES string of the molecule is CC(C)[C@@H](NC(=O)CN1C(=O)c2ccccc2C1=O)C(=O)N1CCOCC1. The van der Waals surface area contributed by atoms with Crippen molar-refractivity contribution in [2.24, 2.45) is 5.92 Å². The number of hydrogen-bond donors (Lipinski definition) is 1. The van der Waals surface area contributed by atoms with Gasteiger partial charge in [0.15, 0.2) is 0 Å². The Balaban J connectivity index is 1.66. The van der Waals surface area contributed by atoms with Crippen molar-refractivity contribution in [2.75, 3.05) is 32.8 Å². The molecular formula is C19H23N3O5. The zero-order valence-corrected chi connectivity index (χ0v) is 15.4. The topological polar surface area (TPSA) is 96.0 Å². The Labute approximate surface area is 157 Å². The standard InChI is InChI=1S/C19H23N3O5/c1-12(2)16(19(26)21-7-9-27-10-8-21)20-15(23)11-22-17(24)13-5-3-4-6-14(13)18(22)25/h3-6,12,16H,7-11H2,1-2H3,(H,20,23)/t16-/m1/s1. The molecule has 2 heterocycles. The first-order chi connectivity index (χ1) is 12.9. The predicted octanol–water partition coefficient (Wildman–Crippen LogP) is 0.282. The van der Waals surface area contributed by atoms with E-state index in [0.29, 0.717) is 37.4 Å². The van der Waals surface area contributed by atoms with Gasteiger partial charge in [0.05, 0.1) is 24.3 Å². The number of rotatable bonds is 5. The monoisotopic (exact) mass is 373 g/mol. The number of fused-ring (bicyclic) bond motifs is 1. The first-order valence-electron chi connectivity index (χ1n) is 9.01. The zero-order chi connectivity index (χ0) is 19.6. The highest BCUT2D eigenvalue weighted by Gasteiger charge is 2.37. The highest BCUT2D eigenvalue weighted by molar-refractivity contribution is 6.22. The molecule has 0 bridgehead atoms. The fourth-order valence-corrected chi connectivity index (χ4v) is 3.24. The first-order valence-corrected chi connectivity index (χ1v) is 9.01. The molecule has 8 heteroatoms. The molecule has 0 saturated carbocycles. The number of ether oxygens (including phenoxy) is 1. The average Bonchev–Trinajstić information content (AvgIpc) is 2.91. The number of carbonyl (C=O) groups is 4. The molecule has 1 N–H and O–H groups in total. The second kappa shape index (κ2) is 7.87. The number of imide groups is 1. The molecule has 0 spiro atoms. The van der Waals surface area contributed by atoms with Crippen molar-refractivity contribution in [3.63, 3.8) is 0 Å². The van der Waals surface area contributed by atoms with Gasteiger partial charge < -0.3 is 15.0 Å². The molecular weight excluding hydrogens is 350 g/mol. The maximum absolute atomic E-state index is 12.7. The Kier molecular flexibility index (Phi) is 5.55. The third-order valence-electron chi connectivity index (χ3n) is 4.75. The van der Waals surface area contributed by atoms with Crippen molar-refractivity contribution in [1.29, 1.82) is 0 Å². The lowest BCUT2D eigenvalue weighted by Crippen LogP contribution is -2.55. The minimum absolute atomic E-state index is 0.133. The summed E-state index contributed by atoms with van der Waals surface area (Å²) in [5, 5.41) is 2.69. The quantitative estimate of drug-likeness (QED) is 0.748. The van der Waals surface area contributed by atoms with Gasteiger partial charge >= 0.3 is 0 Å². The van der Waals surface area contributed by atoms with E-state index in [1.807, 2.05) is 13.8 Å². The minimum Gasteiger partial charge on any atom is -0.378 e. The maximum atomic E-state index is 12.7. The number of nitrogens with zero attached hydrogens (tertiary/aromatic N) is 2.